The van der Waals surface area contributed by atoms with Crippen LogP contribution in [0.3, 0.4) is 0 Å². The van der Waals surface area contributed by atoms with E-state index in [1.165, 1.54) is 57.8 Å². The first-order valence-electron chi connectivity index (χ1n) is 7.10. The number of rotatable bonds is 4. The van der Waals surface area contributed by atoms with E-state index < -0.39 is 0 Å². The number of piperidine rings is 1. The van der Waals surface area contributed by atoms with Crippen molar-refractivity contribution in [3.05, 3.63) is 0 Å². The Hall–Kier alpha value is -0.0800. The number of methoxy groups -OCH3 is 1. The molecule has 1 aliphatic heterocycles. The van der Waals surface area contributed by atoms with Gasteiger partial charge >= 0.3 is 0 Å². The Labute approximate surface area is 100 Å². The minimum atomic E-state index is 0.211. The maximum Gasteiger partial charge on any atom is 0.0703 e. The monoisotopic (exact) mass is 225 g/mol. The lowest BCUT2D eigenvalue weighted by molar-refractivity contribution is -0.0451. The molecular weight excluding hydrogens is 198 g/mol. The first-order chi connectivity index (χ1) is 7.85. The third-order valence-corrected chi connectivity index (χ3v) is 4.68. The molecule has 0 bridgehead atoms. The van der Waals surface area contributed by atoms with Crippen molar-refractivity contribution in [3.8, 4) is 0 Å². The average Bonchev–Trinajstić information content (AvgIpc) is 2.39. The van der Waals surface area contributed by atoms with Gasteiger partial charge < -0.3 is 10.1 Å². The number of nitrogens with one attached hydrogen (secondary N) is 1. The first kappa shape index (κ1) is 12.4. The molecule has 1 aliphatic carbocycles. The molecule has 1 saturated heterocycles. The highest BCUT2D eigenvalue weighted by Crippen LogP contribution is 2.34. The van der Waals surface area contributed by atoms with E-state index in [-0.39, 0.29) is 5.60 Å². The van der Waals surface area contributed by atoms with Crippen molar-refractivity contribution in [3.63, 3.8) is 0 Å². The Bertz CT molecular complexity index is 193. The van der Waals surface area contributed by atoms with Crippen molar-refractivity contribution in [2.75, 3.05) is 20.2 Å². The van der Waals surface area contributed by atoms with Gasteiger partial charge in [0, 0.05) is 7.11 Å². The van der Waals surface area contributed by atoms with Crippen LogP contribution in [0.25, 0.3) is 0 Å². The fourth-order valence-corrected chi connectivity index (χ4v) is 3.38. The number of ether oxygens (including phenoxy) is 1. The molecular formula is C14H27NO. The normalized spacial score (nSPS) is 26.8. The van der Waals surface area contributed by atoms with Crippen LogP contribution in [0.4, 0.5) is 0 Å². The molecule has 0 spiro atoms. The van der Waals surface area contributed by atoms with Gasteiger partial charge in [-0.25, -0.2) is 0 Å². The van der Waals surface area contributed by atoms with E-state index >= 15 is 0 Å². The lowest BCUT2D eigenvalue weighted by atomic mass is 9.80. The third-order valence-electron chi connectivity index (χ3n) is 4.68. The Balaban J connectivity index is 1.77. The lowest BCUT2D eigenvalue weighted by Crippen LogP contribution is -2.43. The molecule has 2 nitrogen and oxygen atoms in total. The molecule has 0 unspecified atom stereocenters. The van der Waals surface area contributed by atoms with Crippen LogP contribution in [0.15, 0.2) is 0 Å². The van der Waals surface area contributed by atoms with Crippen molar-refractivity contribution < 1.29 is 4.74 Å². The molecule has 0 amide bonds. The van der Waals surface area contributed by atoms with Crippen LogP contribution in [-0.2, 0) is 4.74 Å². The highest BCUT2D eigenvalue weighted by atomic mass is 16.5. The van der Waals surface area contributed by atoms with Gasteiger partial charge in [0.25, 0.3) is 0 Å². The molecule has 0 atom stereocenters. The quantitative estimate of drug-likeness (QED) is 0.793. The maximum absolute atomic E-state index is 5.83. The minimum Gasteiger partial charge on any atom is -0.378 e. The molecule has 94 valence electrons. The summed E-state index contributed by atoms with van der Waals surface area (Å²) in [6.07, 6.45) is 12.4. The third kappa shape index (κ3) is 3.21. The predicted molar refractivity (Wildman–Crippen MR) is 67.7 cm³/mol. The molecule has 0 radical (unpaired) electrons. The van der Waals surface area contributed by atoms with Crippen molar-refractivity contribution in [1.82, 2.24) is 5.32 Å². The molecule has 2 aliphatic rings. The van der Waals surface area contributed by atoms with Gasteiger partial charge in [-0.3, -0.25) is 0 Å². The average molecular weight is 225 g/mol. The predicted octanol–water partition coefficient (Wildman–Crippen LogP) is 3.12. The lowest BCUT2D eigenvalue weighted by Gasteiger charge is -2.37. The molecule has 0 aromatic rings. The van der Waals surface area contributed by atoms with Crippen LogP contribution in [0.5, 0.6) is 0 Å². The number of hydrogen-bond acceptors (Lipinski definition) is 2. The van der Waals surface area contributed by atoms with Crippen molar-refractivity contribution in [2.45, 2.75) is 63.4 Å². The van der Waals surface area contributed by atoms with Gasteiger partial charge in [-0.2, -0.15) is 0 Å². The number of hydrogen-bond donors (Lipinski definition) is 1. The van der Waals surface area contributed by atoms with E-state index in [4.69, 9.17) is 4.74 Å². The highest BCUT2D eigenvalue weighted by molar-refractivity contribution is 4.86. The van der Waals surface area contributed by atoms with Crippen LogP contribution < -0.4 is 5.32 Å². The molecule has 2 heteroatoms. The fraction of sp³-hybridized carbons (Fsp3) is 1.00. The fourth-order valence-electron chi connectivity index (χ4n) is 3.38. The van der Waals surface area contributed by atoms with Gasteiger partial charge in [-0.15, -0.1) is 0 Å². The standard InChI is InChI=1S/C14H27NO/c1-16-14(9-11-15-12-10-14)8-7-13-5-3-2-4-6-13/h13,15H,2-12H2,1H3. The van der Waals surface area contributed by atoms with E-state index in [2.05, 4.69) is 5.32 Å². The van der Waals surface area contributed by atoms with Crippen molar-refractivity contribution in [2.24, 2.45) is 5.92 Å². The summed E-state index contributed by atoms with van der Waals surface area (Å²) >= 11 is 0. The highest BCUT2D eigenvalue weighted by Gasteiger charge is 2.32. The largest absolute Gasteiger partial charge is 0.378 e. The summed E-state index contributed by atoms with van der Waals surface area (Å²) in [5.41, 5.74) is 0.211. The van der Waals surface area contributed by atoms with Crippen LogP contribution in [0, 0.1) is 5.92 Å². The second-order valence-electron chi connectivity index (χ2n) is 5.68. The topological polar surface area (TPSA) is 21.3 Å². The summed E-state index contributed by atoms with van der Waals surface area (Å²) in [4.78, 5) is 0. The Morgan fingerprint density at radius 2 is 1.81 bits per heavy atom. The summed E-state index contributed by atoms with van der Waals surface area (Å²) < 4.78 is 5.83. The molecule has 1 N–H and O–H groups in total. The van der Waals surface area contributed by atoms with Crippen LogP contribution in [-0.4, -0.2) is 25.8 Å². The van der Waals surface area contributed by atoms with E-state index in [0.29, 0.717) is 0 Å². The summed E-state index contributed by atoms with van der Waals surface area (Å²) in [7, 11) is 1.91. The zero-order valence-corrected chi connectivity index (χ0v) is 10.8. The molecule has 2 rings (SSSR count). The molecule has 16 heavy (non-hydrogen) atoms. The van der Waals surface area contributed by atoms with Gasteiger partial charge in [0.15, 0.2) is 0 Å². The molecule has 1 heterocycles. The van der Waals surface area contributed by atoms with Gasteiger partial charge in [0.1, 0.15) is 0 Å². The smallest absolute Gasteiger partial charge is 0.0703 e. The Kier molecular flexibility index (Phi) is 4.66. The molecule has 0 aromatic carbocycles. The second kappa shape index (κ2) is 6.02. The SMILES string of the molecule is COC1(CCC2CCCCC2)CCNCC1. The van der Waals surface area contributed by atoms with Crippen LogP contribution in [0.1, 0.15) is 57.8 Å². The first-order valence-corrected chi connectivity index (χ1v) is 7.10. The zero-order chi connectivity index (χ0) is 11.3. The summed E-state index contributed by atoms with van der Waals surface area (Å²) in [5, 5.41) is 3.43. The van der Waals surface area contributed by atoms with Crippen molar-refractivity contribution in [1.29, 1.82) is 0 Å². The van der Waals surface area contributed by atoms with E-state index in [1.807, 2.05) is 7.11 Å². The van der Waals surface area contributed by atoms with Gasteiger partial charge in [0.05, 0.1) is 5.60 Å². The molecule has 1 saturated carbocycles. The van der Waals surface area contributed by atoms with Gasteiger partial charge in [0.2, 0.25) is 0 Å². The van der Waals surface area contributed by atoms with E-state index in [1.54, 1.807) is 0 Å². The van der Waals surface area contributed by atoms with Crippen LogP contribution >= 0.6 is 0 Å². The molecule has 0 aromatic heterocycles. The van der Waals surface area contributed by atoms with Crippen LogP contribution in [0.2, 0.25) is 0 Å². The van der Waals surface area contributed by atoms with Gasteiger partial charge in [-0.1, -0.05) is 32.1 Å². The van der Waals surface area contributed by atoms with Crippen molar-refractivity contribution >= 4 is 0 Å². The van der Waals surface area contributed by atoms with Gasteiger partial charge in [-0.05, 0) is 44.7 Å². The zero-order valence-electron chi connectivity index (χ0n) is 10.8. The minimum absolute atomic E-state index is 0.211. The van der Waals surface area contributed by atoms with E-state index in [9.17, 15) is 0 Å². The summed E-state index contributed by atoms with van der Waals surface area (Å²) in [6.45, 7) is 2.27. The maximum atomic E-state index is 5.83. The summed E-state index contributed by atoms with van der Waals surface area (Å²) in [5.74, 6) is 0.996. The van der Waals surface area contributed by atoms with E-state index in [0.717, 1.165) is 19.0 Å². The second-order valence-corrected chi connectivity index (χ2v) is 5.68. The Morgan fingerprint density at radius 1 is 1.12 bits per heavy atom. The summed E-state index contributed by atoms with van der Waals surface area (Å²) in [6, 6.07) is 0. The Morgan fingerprint density at radius 3 is 2.44 bits per heavy atom. The molecule has 2 fully saturated rings.